The summed E-state index contributed by atoms with van der Waals surface area (Å²) in [6.45, 7) is 11.8. The van der Waals surface area contributed by atoms with Crippen LogP contribution in [0.2, 0.25) is 0 Å². The Morgan fingerprint density at radius 3 is 2.39 bits per heavy atom. The summed E-state index contributed by atoms with van der Waals surface area (Å²) in [7, 11) is 1.71. The van der Waals surface area contributed by atoms with E-state index in [4.69, 9.17) is 9.47 Å². The molecule has 0 aliphatic carbocycles. The van der Waals surface area contributed by atoms with Crippen molar-refractivity contribution < 1.29 is 9.47 Å². The summed E-state index contributed by atoms with van der Waals surface area (Å²) in [4.78, 5) is 0. The molecule has 2 heteroatoms. The molecule has 1 rings (SSSR count). The van der Waals surface area contributed by atoms with Crippen LogP contribution in [0.1, 0.15) is 64.5 Å². The zero-order valence-corrected chi connectivity index (χ0v) is 15.8. The van der Waals surface area contributed by atoms with Crippen molar-refractivity contribution >= 4 is 6.08 Å². The molecular weight excluding hydrogens is 284 g/mol. The molecule has 0 amide bonds. The summed E-state index contributed by atoms with van der Waals surface area (Å²) < 4.78 is 11.5. The Morgan fingerprint density at radius 2 is 1.78 bits per heavy atom. The van der Waals surface area contributed by atoms with Gasteiger partial charge in [-0.25, -0.2) is 0 Å². The third-order valence-electron chi connectivity index (χ3n) is 4.22. The van der Waals surface area contributed by atoms with Crippen LogP contribution in [-0.4, -0.2) is 13.7 Å². The Balaban J connectivity index is 2.55. The van der Waals surface area contributed by atoms with Crippen LogP contribution in [0.4, 0.5) is 0 Å². The minimum atomic E-state index is 0.721. The van der Waals surface area contributed by atoms with Crippen LogP contribution in [0.15, 0.2) is 18.2 Å². The summed E-state index contributed by atoms with van der Waals surface area (Å²) in [5.74, 6) is 3.39. The van der Waals surface area contributed by atoms with Gasteiger partial charge in [0, 0.05) is 5.56 Å². The van der Waals surface area contributed by atoms with Gasteiger partial charge in [-0.15, -0.1) is 0 Å². The highest BCUT2D eigenvalue weighted by atomic mass is 16.5. The molecule has 0 aromatic heterocycles. The van der Waals surface area contributed by atoms with Gasteiger partial charge in [0.1, 0.15) is 11.5 Å². The van der Waals surface area contributed by atoms with Gasteiger partial charge in [0.05, 0.1) is 13.7 Å². The number of benzene rings is 1. The molecule has 1 aromatic rings. The topological polar surface area (TPSA) is 18.5 Å². The van der Waals surface area contributed by atoms with Gasteiger partial charge in [0.25, 0.3) is 0 Å². The SMILES string of the molecule is CC=Cc1cc(OC)c(C)cc1OCCC(C)CCCC(C)C. The fourth-order valence-electron chi connectivity index (χ4n) is 2.72. The molecule has 0 N–H and O–H groups in total. The van der Waals surface area contributed by atoms with Gasteiger partial charge in [0.15, 0.2) is 0 Å². The first kappa shape index (κ1) is 19.6. The average Bonchev–Trinajstić information content (AvgIpc) is 2.49. The quantitative estimate of drug-likeness (QED) is 0.506. The van der Waals surface area contributed by atoms with E-state index in [9.17, 15) is 0 Å². The van der Waals surface area contributed by atoms with Crippen LogP contribution < -0.4 is 9.47 Å². The number of aryl methyl sites for hydroxylation is 1. The summed E-state index contributed by atoms with van der Waals surface area (Å²) in [6, 6.07) is 4.13. The van der Waals surface area contributed by atoms with Gasteiger partial charge in [-0.2, -0.15) is 0 Å². The summed E-state index contributed by atoms with van der Waals surface area (Å²) in [5.41, 5.74) is 2.20. The van der Waals surface area contributed by atoms with Crippen LogP contribution in [-0.2, 0) is 0 Å². The predicted molar refractivity (Wildman–Crippen MR) is 100 cm³/mol. The van der Waals surface area contributed by atoms with E-state index in [1.165, 1.54) is 19.3 Å². The molecule has 1 unspecified atom stereocenters. The lowest BCUT2D eigenvalue weighted by atomic mass is 9.98. The van der Waals surface area contributed by atoms with Crippen molar-refractivity contribution in [3.63, 3.8) is 0 Å². The van der Waals surface area contributed by atoms with Crippen LogP contribution in [0, 0.1) is 18.8 Å². The molecule has 2 nitrogen and oxygen atoms in total. The minimum Gasteiger partial charge on any atom is -0.496 e. The lowest BCUT2D eigenvalue weighted by molar-refractivity contribution is 0.274. The first-order chi connectivity index (χ1) is 11.0. The Kier molecular flexibility index (Phi) is 8.83. The first-order valence-corrected chi connectivity index (χ1v) is 8.92. The fourth-order valence-corrected chi connectivity index (χ4v) is 2.72. The number of rotatable bonds is 10. The maximum atomic E-state index is 6.06. The van der Waals surface area contributed by atoms with Gasteiger partial charge in [0.2, 0.25) is 0 Å². The summed E-state index contributed by atoms with van der Waals surface area (Å²) in [6.07, 6.45) is 9.16. The van der Waals surface area contributed by atoms with E-state index in [1.807, 2.05) is 13.0 Å². The zero-order valence-electron chi connectivity index (χ0n) is 15.8. The highest BCUT2D eigenvalue weighted by Gasteiger charge is 2.09. The van der Waals surface area contributed by atoms with Crippen LogP contribution in [0.25, 0.3) is 6.08 Å². The van der Waals surface area contributed by atoms with E-state index in [-0.39, 0.29) is 0 Å². The molecule has 0 saturated carbocycles. The maximum absolute atomic E-state index is 6.06. The molecule has 23 heavy (non-hydrogen) atoms. The fraction of sp³-hybridized carbons (Fsp3) is 0.619. The van der Waals surface area contributed by atoms with Gasteiger partial charge in [-0.3, -0.25) is 0 Å². The normalized spacial score (nSPS) is 12.8. The van der Waals surface area contributed by atoms with Gasteiger partial charge in [-0.05, 0) is 49.8 Å². The minimum absolute atomic E-state index is 0.721. The molecule has 1 atom stereocenters. The number of methoxy groups -OCH3 is 1. The average molecular weight is 319 g/mol. The monoisotopic (exact) mass is 318 g/mol. The number of hydrogen-bond acceptors (Lipinski definition) is 2. The van der Waals surface area contributed by atoms with E-state index in [0.29, 0.717) is 0 Å². The van der Waals surface area contributed by atoms with E-state index >= 15 is 0 Å². The highest BCUT2D eigenvalue weighted by molar-refractivity contribution is 5.61. The molecule has 0 bridgehead atoms. The first-order valence-electron chi connectivity index (χ1n) is 8.92. The second kappa shape index (κ2) is 10.4. The van der Waals surface area contributed by atoms with Crippen molar-refractivity contribution in [2.75, 3.05) is 13.7 Å². The lowest BCUT2D eigenvalue weighted by Gasteiger charge is -2.16. The summed E-state index contributed by atoms with van der Waals surface area (Å²) in [5, 5.41) is 0. The van der Waals surface area contributed by atoms with Crippen LogP contribution in [0.3, 0.4) is 0 Å². The largest absolute Gasteiger partial charge is 0.496 e. The smallest absolute Gasteiger partial charge is 0.127 e. The molecule has 0 aliphatic rings. The lowest BCUT2D eigenvalue weighted by Crippen LogP contribution is -2.06. The molecule has 0 fully saturated rings. The molecular formula is C21H34O2. The number of hydrogen-bond donors (Lipinski definition) is 0. The van der Waals surface area contributed by atoms with Crippen molar-refractivity contribution in [2.45, 2.75) is 60.3 Å². The van der Waals surface area contributed by atoms with E-state index in [1.54, 1.807) is 7.11 Å². The van der Waals surface area contributed by atoms with Crippen molar-refractivity contribution in [1.29, 1.82) is 0 Å². The second-order valence-corrected chi connectivity index (χ2v) is 6.93. The van der Waals surface area contributed by atoms with Gasteiger partial charge >= 0.3 is 0 Å². The Labute approximate surface area is 142 Å². The van der Waals surface area contributed by atoms with Crippen molar-refractivity contribution in [3.8, 4) is 11.5 Å². The third-order valence-corrected chi connectivity index (χ3v) is 4.22. The third kappa shape index (κ3) is 7.11. The molecule has 0 spiro atoms. The maximum Gasteiger partial charge on any atom is 0.127 e. The molecule has 0 heterocycles. The van der Waals surface area contributed by atoms with Crippen molar-refractivity contribution in [1.82, 2.24) is 0 Å². The number of ether oxygens (including phenoxy) is 2. The molecule has 0 radical (unpaired) electrons. The Morgan fingerprint density at radius 1 is 1.04 bits per heavy atom. The molecule has 0 saturated heterocycles. The van der Waals surface area contributed by atoms with E-state index < -0.39 is 0 Å². The summed E-state index contributed by atoms with van der Waals surface area (Å²) >= 11 is 0. The zero-order chi connectivity index (χ0) is 17.2. The standard InChI is InChI=1S/C21H34O2/c1-7-9-19-15-20(22-6)18(5)14-21(19)23-13-12-17(4)11-8-10-16(2)3/h7,9,14-17H,8,10-13H2,1-6H3. The molecule has 130 valence electrons. The Bertz CT molecular complexity index is 489. The van der Waals surface area contributed by atoms with Crippen molar-refractivity contribution in [2.24, 2.45) is 11.8 Å². The predicted octanol–water partition coefficient (Wildman–Crippen LogP) is 6.27. The highest BCUT2D eigenvalue weighted by Crippen LogP contribution is 2.30. The van der Waals surface area contributed by atoms with E-state index in [0.717, 1.165) is 47.5 Å². The van der Waals surface area contributed by atoms with Gasteiger partial charge < -0.3 is 9.47 Å². The van der Waals surface area contributed by atoms with Gasteiger partial charge in [-0.1, -0.05) is 52.2 Å². The van der Waals surface area contributed by atoms with Crippen LogP contribution in [0.5, 0.6) is 11.5 Å². The number of allylic oxidation sites excluding steroid dienone is 1. The molecule has 1 aromatic carbocycles. The second-order valence-electron chi connectivity index (χ2n) is 6.93. The Hall–Kier alpha value is -1.44. The van der Waals surface area contributed by atoms with E-state index in [2.05, 4.69) is 45.9 Å². The van der Waals surface area contributed by atoms with Crippen LogP contribution >= 0.6 is 0 Å². The van der Waals surface area contributed by atoms with Crippen molar-refractivity contribution in [3.05, 3.63) is 29.3 Å². The molecule has 0 aliphatic heterocycles.